The highest BCUT2D eigenvalue weighted by Gasteiger charge is 2.40. The number of imidazole rings is 1. The smallest absolute Gasteiger partial charge is 0.328 e. The Kier molecular flexibility index (Phi) is 10.9. The Morgan fingerprint density at radius 1 is 0.968 bits per heavy atom. The second kappa shape index (κ2) is 16.7. The molecule has 62 heavy (non-hydrogen) atoms. The number of aromatic nitrogens is 3. The van der Waals surface area contributed by atoms with Gasteiger partial charge in [-0.3, -0.25) is 38.6 Å². The summed E-state index contributed by atoms with van der Waals surface area (Å²) in [6.07, 6.45) is 2.31. The first kappa shape index (κ1) is 40.7. The quantitative estimate of drug-likeness (QED) is 0.114. The van der Waals surface area contributed by atoms with E-state index in [0.29, 0.717) is 54.1 Å². The van der Waals surface area contributed by atoms with Gasteiger partial charge < -0.3 is 19.9 Å². The number of hydrogen-bond acceptors (Lipinski definition) is 8. The number of nitrogens with zero attached hydrogens (tertiary/aromatic N) is 5. The Hall–Kier alpha value is -6.66. The van der Waals surface area contributed by atoms with Crippen molar-refractivity contribution in [3.8, 4) is 23.0 Å². The number of amides is 4. The zero-order valence-corrected chi connectivity index (χ0v) is 34.4. The van der Waals surface area contributed by atoms with Crippen molar-refractivity contribution in [1.82, 2.24) is 29.7 Å². The molecule has 1 unspecified atom stereocenters. The summed E-state index contributed by atoms with van der Waals surface area (Å²) in [5.74, 6) is 4.67. The number of fused-ring (bicyclic) bond motifs is 3. The molecular formula is C47H45F2N7O6. The summed E-state index contributed by atoms with van der Waals surface area (Å²) in [7, 11) is 3.54. The van der Waals surface area contributed by atoms with Crippen molar-refractivity contribution < 1.29 is 32.7 Å². The monoisotopic (exact) mass is 841 g/mol. The van der Waals surface area contributed by atoms with Crippen molar-refractivity contribution in [1.29, 1.82) is 0 Å². The van der Waals surface area contributed by atoms with Crippen LogP contribution in [0.4, 0.5) is 20.2 Å². The highest BCUT2D eigenvalue weighted by atomic mass is 19.3. The van der Waals surface area contributed by atoms with E-state index < -0.39 is 24.3 Å². The molecule has 4 aliphatic rings. The maximum absolute atomic E-state index is 15.2. The molecule has 15 heteroatoms. The standard InChI is InChI=1S/C47H45F2N7O6/c1-53-39-24-30(23-33(28-15-20-62-21-16-28)42(39)54(2)47(53)61)55-19-7-10-29-22-34(35(43(48)49)25-38(29)55)31-12-6-18-50-41(31)45(59)51-17-4-3-8-27-9-5-11-32-36(27)26-56(46(32)60)37-13-14-40(57)52-44(37)58/h5-6,9,11-12,18,22-25,28,37,43H,4,7,10,13-17,19-21,26H2,1-2H3,(H,51,59)(H,52,57,58). The lowest BCUT2D eigenvalue weighted by Gasteiger charge is -2.34. The fourth-order valence-electron chi connectivity index (χ4n) is 9.46. The Morgan fingerprint density at radius 3 is 2.56 bits per heavy atom. The van der Waals surface area contributed by atoms with Gasteiger partial charge in [0.25, 0.3) is 18.2 Å². The highest BCUT2D eigenvalue weighted by Crippen LogP contribution is 2.44. The molecule has 9 rings (SSSR count). The molecule has 2 fully saturated rings. The number of carbonyl (C=O) groups excluding carboxylic acids is 4. The van der Waals surface area contributed by atoms with Gasteiger partial charge in [-0.1, -0.05) is 24.0 Å². The van der Waals surface area contributed by atoms with E-state index in [1.807, 2.05) is 6.07 Å². The number of anilines is 2. The third kappa shape index (κ3) is 7.31. The third-order valence-corrected chi connectivity index (χ3v) is 12.6. The summed E-state index contributed by atoms with van der Waals surface area (Å²) < 4.78 is 39.3. The van der Waals surface area contributed by atoms with Gasteiger partial charge in [0.05, 0.1) is 11.0 Å². The number of ether oxygens (including phenoxy) is 1. The molecule has 2 aromatic heterocycles. The molecule has 2 saturated heterocycles. The molecule has 6 heterocycles. The van der Waals surface area contributed by atoms with E-state index in [9.17, 15) is 24.0 Å². The molecular weight excluding hydrogens is 797 g/mol. The molecule has 5 aromatic rings. The molecule has 4 aliphatic heterocycles. The average Bonchev–Trinajstić information content (AvgIpc) is 3.73. The summed E-state index contributed by atoms with van der Waals surface area (Å²) in [6, 6.07) is 15.1. The molecule has 13 nitrogen and oxygen atoms in total. The molecule has 3 aromatic carbocycles. The number of aryl methyl sites for hydroxylation is 3. The molecule has 0 spiro atoms. The zero-order valence-electron chi connectivity index (χ0n) is 34.4. The van der Waals surface area contributed by atoms with Crippen molar-refractivity contribution in [2.75, 3.05) is 31.2 Å². The minimum absolute atomic E-state index is 0.0134. The van der Waals surface area contributed by atoms with Crippen LogP contribution in [0.15, 0.2) is 65.6 Å². The van der Waals surface area contributed by atoms with Gasteiger partial charge in [0.15, 0.2) is 0 Å². The lowest BCUT2D eigenvalue weighted by atomic mass is 9.89. The molecule has 0 aliphatic carbocycles. The number of benzene rings is 3. The second-order valence-corrected chi connectivity index (χ2v) is 16.3. The minimum atomic E-state index is -2.86. The molecule has 4 amide bonds. The Labute approximate surface area is 356 Å². The maximum Gasteiger partial charge on any atom is 0.328 e. The van der Waals surface area contributed by atoms with Crippen molar-refractivity contribution in [3.63, 3.8) is 0 Å². The molecule has 0 bridgehead atoms. The third-order valence-electron chi connectivity index (χ3n) is 12.6. The van der Waals surface area contributed by atoms with Gasteiger partial charge in [0.2, 0.25) is 11.8 Å². The van der Waals surface area contributed by atoms with Gasteiger partial charge in [-0.25, -0.2) is 13.6 Å². The van der Waals surface area contributed by atoms with Crippen LogP contribution in [-0.2, 0) is 41.4 Å². The first-order chi connectivity index (χ1) is 30.0. The molecule has 2 N–H and O–H groups in total. The van der Waals surface area contributed by atoms with Crippen molar-refractivity contribution in [3.05, 3.63) is 110 Å². The van der Waals surface area contributed by atoms with Crippen LogP contribution in [-0.4, -0.2) is 75.0 Å². The second-order valence-electron chi connectivity index (χ2n) is 16.3. The number of nitrogens with one attached hydrogen (secondary N) is 2. The van der Waals surface area contributed by atoms with Crippen LogP contribution in [0.3, 0.4) is 0 Å². The van der Waals surface area contributed by atoms with Gasteiger partial charge in [-0.15, -0.1) is 0 Å². The van der Waals surface area contributed by atoms with E-state index in [0.717, 1.165) is 47.1 Å². The number of carbonyl (C=O) groups is 4. The fourth-order valence-corrected chi connectivity index (χ4v) is 9.46. The Bertz CT molecular complexity index is 2800. The van der Waals surface area contributed by atoms with Crippen LogP contribution in [0.1, 0.15) is 99.5 Å². The summed E-state index contributed by atoms with van der Waals surface area (Å²) in [4.78, 5) is 72.1. The van der Waals surface area contributed by atoms with E-state index in [1.54, 1.807) is 65.7 Å². The average molecular weight is 842 g/mol. The highest BCUT2D eigenvalue weighted by molar-refractivity contribution is 6.05. The first-order valence-electron chi connectivity index (χ1n) is 21.0. The van der Waals surface area contributed by atoms with Gasteiger partial charge >= 0.3 is 5.69 Å². The van der Waals surface area contributed by atoms with Crippen molar-refractivity contribution in [2.24, 2.45) is 14.1 Å². The Morgan fingerprint density at radius 2 is 1.77 bits per heavy atom. The van der Waals surface area contributed by atoms with Gasteiger partial charge in [-0.05, 0) is 103 Å². The van der Waals surface area contributed by atoms with Crippen LogP contribution in [0.5, 0.6) is 0 Å². The normalized spacial score (nSPS) is 17.8. The first-order valence-corrected chi connectivity index (χ1v) is 21.0. The number of hydrogen-bond donors (Lipinski definition) is 2. The van der Waals surface area contributed by atoms with E-state index in [-0.39, 0.29) is 72.6 Å². The van der Waals surface area contributed by atoms with E-state index in [1.165, 1.54) is 11.1 Å². The summed E-state index contributed by atoms with van der Waals surface area (Å²) in [5.41, 5.74) is 7.04. The number of pyridine rings is 1. The van der Waals surface area contributed by atoms with Gasteiger partial charge in [0.1, 0.15) is 11.7 Å². The van der Waals surface area contributed by atoms with Crippen LogP contribution < -0.4 is 21.2 Å². The maximum atomic E-state index is 15.2. The van der Waals surface area contributed by atoms with Crippen LogP contribution in [0.2, 0.25) is 0 Å². The van der Waals surface area contributed by atoms with Gasteiger partial charge in [0, 0.05) is 99.6 Å². The van der Waals surface area contributed by atoms with Crippen LogP contribution in [0, 0.1) is 11.8 Å². The van der Waals surface area contributed by atoms with Crippen LogP contribution in [0.25, 0.3) is 22.2 Å². The predicted octanol–water partition coefficient (Wildman–Crippen LogP) is 5.79. The number of rotatable bonds is 8. The molecule has 0 saturated carbocycles. The fraction of sp³-hybridized carbons (Fsp3) is 0.362. The van der Waals surface area contributed by atoms with E-state index in [4.69, 9.17) is 4.74 Å². The summed E-state index contributed by atoms with van der Waals surface area (Å²) in [6.45, 7) is 2.19. The van der Waals surface area contributed by atoms with Crippen molar-refractivity contribution >= 4 is 46.0 Å². The summed E-state index contributed by atoms with van der Waals surface area (Å²) in [5, 5.41) is 5.15. The van der Waals surface area contributed by atoms with E-state index >= 15 is 8.78 Å². The molecule has 1 atom stereocenters. The Balaban J connectivity index is 0.951. The summed E-state index contributed by atoms with van der Waals surface area (Å²) >= 11 is 0. The number of imide groups is 1. The lowest BCUT2D eigenvalue weighted by molar-refractivity contribution is -0.136. The van der Waals surface area contributed by atoms with Crippen molar-refractivity contribution in [2.45, 2.75) is 69.9 Å². The SMILES string of the molecule is Cn1c(=O)n(C)c2c(C3CCOCC3)cc(N3CCCc4cc(-c5cccnc5C(=O)NCCC#Cc5cccc6c5CN(C5CCC(=O)NC5=O)C6=O)c(C(F)F)cc43)cc21. The topological polar surface area (TPSA) is 148 Å². The lowest BCUT2D eigenvalue weighted by Crippen LogP contribution is -2.52. The predicted molar refractivity (Wildman–Crippen MR) is 227 cm³/mol. The van der Waals surface area contributed by atoms with E-state index in [2.05, 4.69) is 38.4 Å². The number of alkyl halides is 2. The van der Waals surface area contributed by atoms with Crippen LogP contribution >= 0.6 is 0 Å². The largest absolute Gasteiger partial charge is 0.381 e. The zero-order chi connectivity index (χ0) is 43.2. The molecule has 318 valence electrons. The number of halogens is 2. The number of piperidine rings is 1. The minimum Gasteiger partial charge on any atom is -0.381 e. The molecule has 0 radical (unpaired) electrons. The van der Waals surface area contributed by atoms with Gasteiger partial charge in [-0.2, -0.15) is 0 Å².